The van der Waals surface area contributed by atoms with Crippen molar-refractivity contribution in [2.75, 3.05) is 6.54 Å². The third-order valence-corrected chi connectivity index (χ3v) is 10.8. The topological polar surface area (TPSA) is 50.4 Å². The lowest BCUT2D eigenvalue weighted by molar-refractivity contribution is -0.130. The highest BCUT2D eigenvalue weighted by Gasteiger charge is 2.59. The molecule has 2 N–H and O–H groups in total. The van der Waals surface area contributed by atoms with Gasteiger partial charge in [0.05, 0.1) is 11.7 Å². The highest BCUT2D eigenvalue weighted by Crippen LogP contribution is 2.62. The molecule has 30 heavy (non-hydrogen) atoms. The zero-order chi connectivity index (χ0) is 20.7. The first-order valence-corrected chi connectivity index (χ1v) is 12.8. The Balaban J connectivity index is 1.29. The van der Waals surface area contributed by atoms with E-state index in [0.717, 1.165) is 43.6 Å². The zero-order valence-corrected chi connectivity index (χ0v) is 19.1. The number of rotatable bonds is 0. The lowest BCUT2D eigenvalue weighted by atomic mass is 9.57. The highest BCUT2D eigenvalue weighted by atomic mass is 16.5. The SMILES string of the molecule is CC1=C2CC3C(CCC4NC(=O)CCC43C)C2CCC2(C1)OC1CCCNC1C2C. The molecule has 6 aliphatic rings. The molecular formula is C26H40N2O2. The Labute approximate surface area is 182 Å². The largest absolute Gasteiger partial charge is 0.369 e. The van der Waals surface area contributed by atoms with Crippen molar-refractivity contribution in [3.63, 3.8) is 0 Å². The average Bonchev–Trinajstić information content (AvgIpc) is 3.19. The van der Waals surface area contributed by atoms with Crippen molar-refractivity contribution in [3.8, 4) is 0 Å². The Kier molecular flexibility index (Phi) is 4.49. The predicted molar refractivity (Wildman–Crippen MR) is 118 cm³/mol. The molecule has 2 saturated carbocycles. The minimum absolute atomic E-state index is 0.0590. The fraction of sp³-hybridized carbons (Fsp3) is 0.885. The van der Waals surface area contributed by atoms with E-state index in [1.165, 1.54) is 44.9 Å². The second-order valence-corrected chi connectivity index (χ2v) is 11.9. The summed E-state index contributed by atoms with van der Waals surface area (Å²) in [7, 11) is 0. The van der Waals surface area contributed by atoms with Gasteiger partial charge in [-0.3, -0.25) is 4.79 Å². The van der Waals surface area contributed by atoms with Crippen molar-refractivity contribution in [1.82, 2.24) is 10.6 Å². The number of carbonyl (C=O) groups excluding carboxylic acids is 1. The molecule has 0 aromatic carbocycles. The molecule has 1 amide bonds. The monoisotopic (exact) mass is 412 g/mol. The number of carbonyl (C=O) groups is 1. The first-order valence-electron chi connectivity index (χ1n) is 12.8. The van der Waals surface area contributed by atoms with Crippen molar-refractivity contribution in [2.45, 2.75) is 109 Å². The summed E-state index contributed by atoms with van der Waals surface area (Å²) in [6, 6.07) is 0.962. The molecule has 4 nitrogen and oxygen atoms in total. The van der Waals surface area contributed by atoms with E-state index in [2.05, 4.69) is 31.4 Å². The quantitative estimate of drug-likeness (QED) is 0.582. The molecule has 4 heteroatoms. The van der Waals surface area contributed by atoms with Gasteiger partial charge in [-0.05, 0) is 94.4 Å². The maximum Gasteiger partial charge on any atom is 0.220 e. The lowest BCUT2D eigenvalue weighted by Gasteiger charge is -2.52. The summed E-state index contributed by atoms with van der Waals surface area (Å²) in [5, 5.41) is 7.17. The van der Waals surface area contributed by atoms with Crippen LogP contribution in [0.5, 0.6) is 0 Å². The van der Waals surface area contributed by atoms with Crippen molar-refractivity contribution in [3.05, 3.63) is 11.1 Å². The van der Waals surface area contributed by atoms with Gasteiger partial charge in [0.25, 0.3) is 0 Å². The summed E-state index contributed by atoms with van der Waals surface area (Å²) < 4.78 is 6.93. The van der Waals surface area contributed by atoms with Crippen molar-refractivity contribution in [1.29, 1.82) is 0 Å². The summed E-state index contributed by atoms with van der Waals surface area (Å²) in [6.45, 7) is 8.55. The molecule has 6 rings (SSSR count). The Morgan fingerprint density at radius 2 is 2.00 bits per heavy atom. The number of amides is 1. The summed E-state index contributed by atoms with van der Waals surface area (Å²) in [5.41, 5.74) is 3.80. The van der Waals surface area contributed by atoms with E-state index in [1.54, 1.807) is 11.1 Å². The molecular weight excluding hydrogens is 372 g/mol. The van der Waals surface area contributed by atoms with E-state index in [-0.39, 0.29) is 11.5 Å². The minimum atomic E-state index is 0.0590. The highest BCUT2D eigenvalue weighted by molar-refractivity contribution is 5.77. The smallest absolute Gasteiger partial charge is 0.220 e. The molecule has 1 spiro atoms. The molecule has 0 bridgehead atoms. The van der Waals surface area contributed by atoms with Gasteiger partial charge in [0.2, 0.25) is 5.91 Å². The number of hydrogen-bond acceptors (Lipinski definition) is 3. The third-order valence-electron chi connectivity index (χ3n) is 10.8. The van der Waals surface area contributed by atoms with Crippen LogP contribution in [0.15, 0.2) is 11.1 Å². The van der Waals surface area contributed by atoms with E-state index >= 15 is 0 Å². The van der Waals surface area contributed by atoms with Crippen LogP contribution in [0, 0.1) is 29.1 Å². The fourth-order valence-electron chi connectivity index (χ4n) is 9.07. The molecule has 0 aromatic heterocycles. The van der Waals surface area contributed by atoms with Gasteiger partial charge >= 0.3 is 0 Å². The van der Waals surface area contributed by atoms with E-state index < -0.39 is 0 Å². The predicted octanol–water partition coefficient (Wildman–Crippen LogP) is 4.34. The fourth-order valence-corrected chi connectivity index (χ4v) is 9.07. The van der Waals surface area contributed by atoms with Crippen molar-refractivity contribution >= 4 is 5.91 Å². The van der Waals surface area contributed by atoms with Crippen LogP contribution in [0.1, 0.15) is 85.0 Å². The van der Waals surface area contributed by atoms with Gasteiger partial charge in [-0.25, -0.2) is 0 Å². The van der Waals surface area contributed by atoms with Crippen LogP contribution >= 0.6 is 0 Å². The Morgan fingerprint density at radius 1 is 1.13 bits per heavy atom. The summed E-state index contributed by atoms with van der Waals surface area (Å²) in [4.78, 5) is 12.0. The van der Waals surface area contributed by atoms with Gasteiger partial charge in [-0.2, -0.15) is 0 Å². The van der Waals surface area contributed by atoms with Crippen LogP contribution in [0.3, 0.4) is 0 Å². The van der Waals surface area contributed by atoms with Crippen LogP contribution in [0.4, 0.5) is 0 Å². The first kappa shape index (κ1) is 19.8. The summed E-state index contributed by atoms with van der Waals surface area (Å²) >= 11 is 0. The minimum Gasteiger partial charge on any atom is -0.369 e. The summed E-state index contributed by atoms with van der Waals surface area (Å²) in [6.07, 6.45) is 12.2. The number of fused-ring (bicyclic) bond motifs is 6. The van der Waals surface area contributed by atoms with Crippen LogP contribution < -0.4 is 10.6 Å². The molecule has 3 aliphatic carbocycles. The average molecular weight is 413 g/mol. The molecule has 3 heterocycles. The number of hydrogen-bond donors (Lipinski definition) is 2. The normalized spacial score (nSPS) is 52.9. The molecule has 0 aromatic rings. The van der Waals surface area contributed by atoms with Crippen LogP contribution in [0.25, 0.3) is 0 Å². The molecule has 3 saturated heterocycles. The number of ether oxygens (including phenoxy) is 1. The summed E-state index contributed by atoms with van der Waals surface area (Å²) in [5.74, 6) is 3.22. The van der Waals surface area contributed by atoms with E-state index in [1.807, 2.05) is 0 Å². The van der Waals surface area contributed by atoms with Gasteiger partial charge in [-0.15, -0.1) is 0 Å². The van der Waals surface area contributed by atoms with Crippen molar-refractivity contribution < 1.29 is 9.53 Å². The van der Waals surface area contributed by atoms with E-state index in [0.29, 0.717) is 29.5 Å². The van der Waals surface area contributed by atoms with Crippen LogP contribution in [-0.2, 0) is 9.53 Å². The maximum absolute atomic E-state index is 12.0. The second kappa shape index (κ2) is 6.81. The van der Waals surface area contributed by atoms with Crippen LogP contribution in [-0.4, -0.2) is 36.2 Å². The number of nitrogens with one attached hydrogen (secondary N) is 2. The molecule has 3 aliphatic heterocycles. The van der Waals surface area contributed by atoms with E-state index in [9.17, 15) is 4.79 Å². The molecule has 0 radical (unpaired) electrons. The van der Waals surface area contributed by atoms with Gasteiger partial charge in [0, 0.05) is 24.4 Å². The number of piperidine rings is 2. The first-order chi connectivity index (χ1) is 14.4. The van der Waals surface area contributed by atoms with Crippen LogP contribution in [0.2, 0.25) is 0 Å². The molecule has 9 unspecified atom stereocenters. The van der Waals surface area contributed by atoms with Gasteiger partial charge in [-0.1, -0.05) is 25.0 Å². The molecule has 9 atom stereocenters. The number of allylic oxidation sites excluding steroid dienone is 1. The standard InChI is InChI=1S/C26H40N2O2/c1-15-14-26(16(2)24-21(30-26)5-4-12-27-24)11-8-17-18-6-7-22-25(3,10-9-23(29)28-22)20(18)13-19(15)17/h16-18,20-22,24,27H,4-14H2,1-3H3,(H,28,29). The van der Waals surface area contributed by atoms with Gasteiger partial charge in [0.1, 0.15) is 0 Å². The van der Waals surface area contributed by atoms with Gasteiger partial charge < -0.3 is 15.4 Å². The Morgan fingerprint density at radius 3 is 2.83 bits per heavy atom. The second-order valence-electron chi connectivity index (χ2n) is 11.9. The van der Waals surface area contributed by atoms with E-state index in [4.69, 9.17) is 4.74 Å². The van der Waals surface area contributed by atoms with Crippen molar-refractivity contribution in [2.24, 2.45) is 29.1 Å². The zero-order valence-electron chi connectivity index (χ0n) is 19.1. The lowest BCUT2D eigenvalue weighted by Crippen LogP contribution is -2.57. The molecule has 5 fully saturated rings. The maximum atomic E-state index is 12.0. The molecule has 166 valence electrons. The third kappa shape index (κ3) is 2.68. The Hall–Kier alpha value is -0.870. The Bertz CT molecular complexity index is 777. The van der Waals surface area contributed by atoms with Gasteiger partial charge in [0.15, 0.2) is 0 Å².